The lowest BCUT2D eigenvalue weighted by atomic mass is 10.0. The van der Waals surface area contributed by atoms with Crippen molar-refractivity contribution in [2.24, 2.45) is 5.92 Å². The van der Waals surface area contributed by atoms with Crippen LogP contribution in [0.1, 0.15) is 12.8 Å². The van der Waals surface area contributed by atoms with Crippen molar-refractivity contribution in [3.8, 4) is 0 Å². The van der Waals surface area contributed by atoms with Gasteiger partial charge in [0.05, 0.1) is 10.3 Å². The molecule has 0 saturated heterocycles. The summed E-state index contributed by atoms with van der Waals surface area (Å²) < 4.78 is 63.5. The van der Waals surface area contributed by atoms with Crippen molar-refractivity contribution in [3.05, 3.63) is 16.5 Å². The summed E-state index contributed by atoms with van der Waals surface area (Å²) in [5.74, 6) is -3.45. The molecule has 1 aromatic rings. The highest BCUT2D eigenvalue weighted by atomic mass is 35.5. The fourth-order valence-corrected chi connectivity index (χ4v) is 4.01. The molecule has 1 heterocycles. The quantitative estimate of drug-likeness (QED) is 0.778. The first-order valence-electron chi connectivity index (χ1n) is 5.56. The smallest absolute Gasteiger partial charge is 0.393 e. The van der Waals surface area contributed by atoms with Crippen molar-refractivity contribution in [1.29, 1.82) is 0 Å². The number of carboxylic acids is 1. The third kappa shape index (κ3) is 5.81. The summed E-state index contributed by atoms with van der Waals surface area (Å²) in [5, 5.41) is 8.42. The van der Waals surface area contributed by atoms with Gasteiger partial charge in [0.25, 0.3) is 0 Å². The number of aliphatic carboxylic acids is 1. The number of hydrogen-bond acceptors (Lipinski definition) is 4. The first-order valence-corrected chi connectivity index (χ1v) is 8.23. The van der Waals surface area contributed by atoms with Crippen LogP contribution in [0.3, 0.4) is 0 Å². The Hall–Kier alpha value is -0.840. The molecule has 0 aliphatic carbocycles. The molecule has 0 spiro atoms. The van der Waals surface area contributed by atoms with Crippen LogP contribution >= 0.6 is 22.9 Å². The van der Waals surface area contributed by atoms with Crippen LogP contribution in [0.2, 0.25) is 4.34 Å². The van der Waals surface area contributed by atoms with Gasteiger partial charge in [-0.05, 0) is 18.6 Å². The maximum absolute atomic E-state index is 12.7. The van der Waals surface area contributed by atoms with Crippen LogP contribution in [0.25, 0.3) is 0 Å². The first-order chi connectivity index (χ1) is 9.52. The number of alkyl halides is 3. The van der Waals surface area contributed by atoms with Gasteiger partial charge in [-0.2, -0.15) is 13.2 Å². The molecule has 120 valence electrons. The fourth-order valence-electron chi connectivity index (χ4n) is 1.40. The van der Waals surface area contributed by atoms with E-state index in [2.05, 4.69) is 0 Å². The number of thiophene rings is 1. The maximum Gasteiger partial charge on any atom is 0.393 e. The summed E-state index contributed by atoms with van der Waals surface area (Å²) in [6.45, 7) is -0.922. The SMILES string of the molecule is O=C(O)CC[C@@H](CNS(=O)(=O)c1ccc(Cl)s1)C(F)(F)F. The summed E-state index contributed by atoms with van der Waals surface area (Å²) >= 11 is 6.28. The summed E-state index contributed by atoms with van der Waals surface area (Å²) in [7, 11) is -4.10. The molecule has 1 aromatic heterocycles. The van der Waals surface area contributed by atoms with E-state index < -0.39 is 47.5 Å². The van der Waals surface area contributed by atoms with Gasteiger partial charge in [0.2, 0.25) is 10.0 Å². The fraction of sp³-hybridized carbons (Fsp3) is 0.500. The zero-order chi connectivity index (χ0) is 16.3. The van der Waals surface area contributed by atoms with Crippen molar-refractivity contribution in [2.75, 3.05) is 6.54 Å². The summed E-state index contributed by atoms with van der Waals surface area (Å²) in [6.07, 6.45) is -6.09. The normalized spacial score (nSPS) is 14.1. The molecule has 0 aliphatic rings. The van der Waals surface area contributed by atoms with Gasteiger partial charge >= 0.3 is 12.1 Å². The molecular formula is C10H11ClF3NO4S2. The first kappa shape index (κ1) is 18.2. The van der Waals surface area contributed by atoms with Crippen molar-refractivity contribution >= 4 is 38.9 Å². The van der Waals surface area contributed by atoms with E-state index in [1.54, 1.807) is 0 Å². The Labute approximate surface area is 127 Å². The molecule has 21 heavy (non-hydrogen) atoms. The lowest BCUT2D eigenvalue weighted by Gasteiger charge is -2.19. The lowest BCUT2D eigenvalue weighted by Crippen LogP contribution is -2.36. The second-order valence-electron chi connectivity index (χ2n) is 4.08. The largest absolute Gasteiger partial charge is 0.481 e. The molecule has 0 unspecified atom stereocenters. The van der Waals surface area contributed by atoms with E-state index in [1.165, 1.54) is 12.1 Å². The average molecular weight is 366 g/mol. The van der Waals surface area contributed by atoms with Crippen LogP contribution < -0.4 is 4.72 Å². The van der Waals surface area contributed by atoms with E-state index >= 15 is 0 Å². The molecular weight excluding hydrogens is 355 g/mol. The molecule has 0 amide bonds. The highest BCUT2D eigenvalue weighted by Crippen LogP contribution is 2.30. The molecule has 0 aliphatic heterocycles. The van der Waals surface area contributed by atoms with Crippen molar-refractivity contribution in [3.63, 3.8) is 0 Å². The lowest BCUT2D eigenvalue weighted by molar-refractivity contribution is -0.175. The molecule has 11 heteroatoms. The van der Waals surface area contributed by atoms with Gasteiger partial charge in [-0.1, -0.05) is 11.6 Å². The Balaban J connectivity index is 2.74. The van der Waals surface area contributed by atoms with E-state index in [9.17, 15) is 26.4 Å². The highest BCUT2D eigenvalue weighted by molar-refractivity contribution is 7.91. The van der Waals surface area contributed by atoms with Crippen LogP contribution in [-0.2, 0) is 14.8 Å². The Morgan fingerprint density at radius 1 is 1.43 bits per heavy atom. The van der Waals surface area contributed by atoms with E-state index in [-0.39, 0.29) is 8.55 Å². The zero-order valence-corrected chi connectivity index (χ0v) is 12.7. The van der Waals surface area contributed by atoms with E-state index in [0.717, 1.165) is 0 Å². The van der Waals surface area contributed by atoms with Crippen LogP contribution in [0.4, 0.5) is 13.2 Å². The van der Waals surface area contributed by atoms with Crippen LogP contribution in [-0.4, -0.2) is 32.2 Å². The monoisotopic (exact) mass is 365 g/mol. The molecule has 0 bridgehead atoms. The van der Waals surface area contributed by atoms with E-state index in [0.29, 0.717) is 11.3 Å². The number of carboxylic acid groups (broad SMARTS) is 1. The number of rotatable bonds is 7. The number of carbonyl (C=O) groups is 1. The molecule has 2 N–H and O–H groups in total. The summed E-state index contributed by atoms with van der Waals surface area (Å²) in [4.78, 5) is 10.3. The second kappa shape index (κ2) is 6.95. The average Bonchev–Trinajstić information content (AvgIpc) is 2.74. The van der Waals surface area contributed by atoms with Crippen molar-refractivity contribution in [2.45, 2.75) is 23.2 Å². The van der Waals surface area contributed by atoms with Gasteiger partial charge in [0, 0.05) is 13.0 Å². The second-order valence-corrected chi connectivity index (χ2v) is 7.79. The molecule has 0 aromatic carbocycles. The minimum Gasteiger partial charge on any atom is -0.481 e. The van der Waals surface area contributed by atoms with Gasteiger partial charge < -0.3 is 5.11 Å². The number of hydrogen-bond donors (Lipinski definition) is 2. The maximum atomic E-state index is 12.7. The van der Waals surface area contributed by atoms with Gasteiger partial charge in [0.1, 0.15) is 4.21 Å². The topological polar surface area (TPSA) is 83.5 Å². The Morgan fingerprint density at radius 2 is 2.05 bits per heavy atom. The van der Waals surface area contributed by atoms with Crippen molar-refractivity contribution < 1.29 is 31.5 Å². The van der Waals surface area contributed by atoms with Crippen LogP contribution in [0, 0.1) is 5.92 Å². The molecule has 0 fully saturated rings. The number of halogens is 4. The summed E-state index contributed by atoms with van der Waals surface area (Å²) in [6, 6.07) is 2.49. The van der Waals surface area contributed by atoms with Gasteiger partial charge in [-0.3, -0.25) is 4.79 Å². The number of nitrogens with one attached hydrogen (secondary N) is 1. The molecule has 0 saturated carbocycles. The van der Waals surface area contributed by atoms with Crippen molar-refractivity contribution in [1.82, 2.24) is 4.72 Å². The molecule has 1 atom stereocenters. The van der Waals surface area contributed by atoms with Gasteiger partial charge in [0.15, 0.2) is 0 Å². The third-order valence-electron chi connectivity index (χ3n) is 2.50. The van der Waals surface area contributed by atoms with Gasteiger partial charge in [-0.15, -0.1) is 11.3 Å². The van der Waals surface area contributed by atoms with Crippen LogP contribution in [0.5, 0.6) is 0 Å². The molecule has 1 rings (SSSR count). The minimum atomic E-state index is -4.69. The standard InChI is InChI=1S/C10H11ClF3NO4S2/c11-7-2-4-9(20-7)21(18,19)15-5-6(10(12,13)14)1-3-8(16)17/h2,4,6,15H,1,3,5H2,(H,16,17)/t6-/m0/s1. The predicted molar refractivity (Wildman–Crippen MR) is 70.9 cm³/mol. The minimum absolute atomic E-state index is 0.189. The van der Waals surface area contributed by atoms with Crippen LogP contribution in [0.15, 0.2) is 16.3 Å². The van der Waals surface area contributed by atoms with E-state index in [4.69, 9.17) is 16.7 Å². The Morgan fingerprint density at radius 3 is 2.48 bits per heavy atom. The third-order valence-corrected chi connectivity index (χ3v) is 5.65. The number of sulfonamides is 1. The summed E-state index contributed by atoms with van der Waals surface area (Å²) in [5.41, 5.74) is 0. The molecule has 5 nitrogen and oxygen atoms in total. The van der Waals surface area contributed by atoms with Gasteiger partial charge in [-0.25, -0.2) is 13.1 Å². The van der Waals surface area contributed by atoms with E-state index in [1.807, 2.05) is 4.72 Å². The zero-order valence-electron chi connectivity index (χ0n) is 10.4. The Kier molecular flexibility index (Phi) is 6.02. The Bertz CT molecular complexity index is 600. The highest BCUT2D eigenvalue weighted by Gasteiger charge is 2.40. The molecule has 0 radical (unpaired) electrons. The predicted octanol–water partition coefficient (Wildman–Crippen LogP) is 2.72.